The third kappa shape index (κ3) is 4.09. The minimum Gasteiger partial charge on any atom is -0.377 e. The van der Waals surface area contributed by atoms with Crippen LogP contribution >= 0.6 is 0 Å². The van der Waals surface area contributed by atoms with Gasteiger partial charge in [0.15, 0.2) is 0 Å². The second kappa shape index (κ2) is 5.62. The molecule has 4 nitrogen and oxygen atoms in total. The van der Waals surface area contributed by atoms with Gasteiger partial charge in [0, 0.05) is 25.7 Å². The highest BCUT2D eigenvalue weighted by atomic mass is 16.5. The molecule has 1 aliphatic rings. The van der Waals surface area contributed by atoms with Crippen LogP contribution in [0.2, 0.25) is 0 Å². The van der Waals surface area contributed by atoms with Gasteiger partial charge in [-0.2, -0.15) is 5.26 Å². The van der Waals surface area contributed by atoms with Crippen LogP contribution in [-0.4, -0.2) is 42.3 Å². The van der Waals surface area contributed by atoms with E-state index in [9.17, 15) is 0 Å². The molecule has 1 saturated heterocycles. The Morgan fingerprint density at radius 3 is 3.00 bits per heavy atom. The molecule has 4 heteroatoms. The Labute approximate surface area is 98.4 Å². The Morgan fingerprint density at radius 2 is 2.38 bits per heavy atom. The van der Waals surface area contributed by atoms with Gasteiger partial charge in [-0.3, -0.25) is 4.90 Å². The van der Waals surface area contributed by atoms with E-state index < -0.39 is 5.54 Å². The highest BCUT2D eigenvalue weighted by Crippen LogP contribution is 2.16. The molecule has 0 saturated carbocycles. The van der Waals surface area contributed by atoms with Crippen molar-refractivity contribution < 1.29 is 4.74 Å². The predicted octanol–water partition coefficient (Wildman–Crippen LogP) is 1.12. The van der Waals surface area contributed by atoms with Crippen molar-refractivity contribution in [1.82, 2.24) is 4.90 Å². The van der Waals surface area contributed by atoms with E-state index in [4.69, 9.17) is 15.7 Å². The van der Waals surface area contributed by atoms with Crippen LogP contribution in [0.4, 0.5) is 0 Å². The SMILES string of the molecule is CC1CN(C(C)CC(C)(N)C#N)CCCO1. The van der Waals surface area contributed by atoms with Gasteiger partial charge in [-0.05, 0) is 33.6 Å². The molecule has 1 rings (SSSR count). The van der Waals surface area contributed by atoms with Crippen LogP contribution in [0, 0.1) is 11.3 Å². The Kier molecular flexibility index (Phi) is 4.72. The highest BCUT2D eigenvalue weighted by molar-refractivity contribution is 5.02. The van der Waals surface area contributed by atoms with Crippen molar-refractivity contribution >= 4 is 0 Å². The molecule has 0 radical (unpaired) electrons. The van der Waals surface area contributed by atoms with Crippen LogP contribution in [0.15, 0.2) is 0 Å². The van der Waals surface area contributed by atoms with Crippen LogP contribution in [0.3, 0.4) is 0 Å². The summed E-state index contributed by atoms with van der Waals surface area (Å²) in [4.78, 5) is 2.38. The summed E-state index contributed by atoms with van der Waals surface area (Å²) in [6.07, 6.45) is 2.04. The van der Waals surface area contributed by atoms with Gasteiger partial charge in [-0.15, -0.1) is 0 Å². The summed E-state index contributed by atoms with van der Waals surface area (Å²) in [5.74, 6) is 0. The second-order valence-corrected chi connectivity index (χ2v) is 5.11. The van der Waals surface area contributed by atoms with Gasteiger partial charge in [0.05, 0.1) is 12.2 Å². The maximum absolute atomic E-state index is 8.93. The monoisotopic (exact) mass is 225 g/mol. The standard InChI is InChI=1S/C12H23N3O/c1-10(7-12(3,14)9-13)15-5-4-6-16-11(2)8-15/h10-11H,4-8,14H2,1-3H3. The number of hydrogen-bond donors (Lipinski definition) is 1. The summed E-state index contributed by atoms with van der Waals surface area (Å²) in [5, 5.41) is 8.93. The quantitative estimate of drug-likeness (QED) is 0.781. The third-order valence-corrected chi connectivity index (χ3v) is 3.08. The van der Waals surface area contributed by atoms with E-state index in [-0.39, 0.29) is 6.10 Å². The number of nitriles is 1. The van der Waals surface area contributed by atoms with Gasteiger partial charge in [0.25, 0.3) is 0 Å². The largest absolute Gasteiger partial charge is 0.377 e. The van der Waals surface area contributed by atoms with E-state index in [1.807, 2.05) is 0 Å². The van der Waals surface area contributed by atoms with Crippen LogP contribution < -0.4 is 5.73 Å². The number of hydrogen-bond acceptors (Lipinski definition) is 4. The molecule has 0 aromatic rings. The molecule has 0 aliphatic carbocycles. The lowest BCUT2D eigenvalue weighted by Gasteiger charge is -2.31. The molecule has 3 unspecified atom stereocenters. The van der Waals surface area contributed by atoms with Crippen molar-refractivity contribution in [3.63, 3.8) is 0 Å². The zero-order chi connectivity index (χ0) is 12.2. The van der Waals surface area contributed by atoms with Crippen molar-refractivity contribution in [1.29, 1.82) is 5.26 Å². The third-order valence-electron chi connectivity index (χ3n) is 3.08. The molecular weight excluding hydrogens is 202 g/mol. The Bertz CT molecular complexity index is 259. The zero-order valence-corrected chi connectivity index (χ0v) is 10.6. The normalized spacial score (nSPS) is 28.8. The minimum atomic E-state index is -0.726. The van der Waals surface area contributed by atoms with E-state index in [0.717, 1.165) is 26.1 Å². The topological polar surface area (TPSA) is 62.3 Å². The summed E-state index contributed by atoms with van der Waals surface area (Å²) < 4.78 is 5.60. The fourth-order valence-corrected chi connectivity index (χ4v) is 2.22. The Morgan fingerprint density at radius 1 is 1.69 bits per heavy atom. The average Bonchev–Trinajstić information content (AvgIpc) is 2.42. The lowest BCUT2D eigenvalue weighted by Crippen LogP contribution is -2.45. The first-order valence-electron chi connectivity index (χ1n) is 6.00. The van der Waals surface area contributed by atoms with Crippen molar-refractivity contribution in [2.75, 3.05) is 19.7 Å². The van der Waals surface area contributed by atoms with Gasteiger partial charge in [-0.1, -0.05) is 0 Å². The molecule has 1 fully saturated rings. The number of nitrogens with two attached hydrogens (primary N) is 1. The molecular formula is C12H23N3O. The Hall–Kier alpha value is -0.630. The van der Waals surface area contributed by atoms with Crippen LogP contribution in [0.1, 0.15) is 33.6 Å². The molecule has 0 bridgehead atoms. The lowest BCUT2D eigenvalue weighted by atomic mass is 9.95. The molecule has 0 aromatic heterocycles. The first kappa shape index (κ1) is 13.4. The zero-order valence-electron chi connectivity index (χ0n) is 10.6. The smallest absolute Gasteiger partial charge is 0.102 e. The highest BCUT2D eigenvalue weighted by Gasteiger charge is 2.26. The summed E-state index contributed by atoms with van der Waals surface area (Å²) in [7, 11) is 0. The van der Waals surface area contributed by atoms with Crippen molar-refractivity contribution in [2.24, 2.45) is 5.73 Å². The molecule has 92 valence electrons. The first-order valence-corrected chi connectivity index (χ1v) is 6.00. The van der Waals surface area contributed by atoms with E-state index in [1.54, 1.807) is 6.92 Å². The summed E-state index contributed by atoms with van der Waals surface area (Å²) in [6.45, 7) is 8.83. The predicted molar refractivity (Wildman–Crippen MR) is 63.9 cm³/mol. The van der Waals surface area contributed by atoms with Gasteiger partial charge in [-0.25, -0.2) is 0 Å². The van der Waals surface area contributed by atoms with Crippen molar-refractivity contribution in [2.45, 2.75) is 51.3 Å². The fourth-order valence-electron chi connectivity index (χ4n) is 2.22. The van der Waals surface area contributed by atoms with Crippen LogP contribution in [0.5, 0.6) is 0 Å². The first-order chi connectivity index (χ1) is 7.44. The number of nitrogens with zero attached hydrogens (tertiary/aromatic N) is 2. The molecule has 0 aromatic carbocycles. The van der Waals surface area contributed by atoms with Crippen LogP contribution in [-0.2, 0) is 4.74 Å². The lowest BCUT2D eigenvalue weighted by molar-refractivity contribution is 0.0601. The Balaban J connectivity index is 2.52. The maximum atomic E-state index is 8.93. The van der Waals surface area contributed by atoms with E-state index >= 15 is 0 Å². The number of rotatable bonds is 3. The molecule has 1 heterocycles. The summed E-state index contributed by atoms with van der Waals surface area (Å²) in [5.41, 5.74) is 5.15. The van der Waals surface area contributed by atoms with Gasteiger partial charge in [0.1, 0.15) is 5.54 Å². The maximum Gasteiger partial charge on any atom is 0.102 e. The fraction of sp³-hybridized carbons (Fsp3) is 0.917. The molecule has 16 heavy (non-hydrogen) atoms. The van der Waals surface area contributed by atoms with Crippen molar-refractivity contribution in [3.8, 4) is 6.07 Å². The van der Waals surface area contributed by atoms with E-state index in [1.165, 1.54) is 0 Å². The van der Waals surface area contributed by atoms with Crippen molar-refractivity contribution in [3.05, 3.63) is 0 Å². The summed E-state index contributed by atoms with van der Waals surface area (Å²) in [6, 6.07) is 2.49. The van der Waals surface area contributed by atoms with Gasteiger partial charge >= 0.3 is 0 Å². The molecule has 3 atom stereocenters. The van der Waals surface area contributed by atoms with Gasteiger partial charge < -0.3 is 10.5 Å². The number of ether oxygens (including phenoxy) is 1. The average molecular weight is 225 g/mol. The molecule has 2 N–H and O–H groups in total. The summed E-state index contributed by atoms with van der Waals surface area (Å²) >= 11 is 0. The minimum absolute atomic E-state index is 0.274. The second-order valence-electron chi connectivity index (χ2n) is 5.11. The van der Waals surface area contributed by atoms with E-state index in [2.05, 4.69) is 24.8 Å². The molecule has 1 aliphatic heterocycles. The van der Waals surface area contributed by atoms with E-state index in [0.29, 0.717) is 12.5 Å². The van der Waals surface area contributed by atoms with Crippen LogP contribution in [0.25, 0.3) is 0 Å². The molecule has 0 amide bonds. The molecule has 0 spiro atoms. The van der Waals surface area contributed by atoms with Gasteiger partial charge in [0.2, 0.25) is 0 Å².